The maximum absolute atomic E-state index is 8.67. The molecule has 0 amide bonds. The monoisotopic (exact) mass is 211 g/mol. The van der Waals surface area contributed by atoms with Crippen molar-refractivity contribution in [3.63, 3.8) is 0 Å². The Bertz CT molecular complexity index is 320. The molecule has 15 heavy (non-hydrogen) atoms. The fourth-order valence-electron chi connectivity index (χ4n) is 1.38. The molecule has 84 valence electrons. The summed E-state index contributed by atoms with van der Waals surface area (Å²) in [6.45, 7) is 4.22. The topological polar surface area (TPSA) is 72.7 Å². The van der Waals surface area contributed by atoms with Gasteiger partial charge in [-0.1, -0.05) is 36.8 Å². The SMILES string of the molecule is Cc1cccc(C(C)CNC(O)(O)O)c1. The van der Waals surface area contributed by atoms with Crippen LogP contribution in [0.5, 0.6) is 0 Å². The molecule has 0 saturated carbocycles. The van der Waals surface area contributed by atoms with Gasteiger partial charge in [-0.25, -0.2) is 5.32 Å². The lowest BCUT2D eigenvalue weighted by molar-refractivity contribution is -0.331. The third-order valence-corrected chi connectivity index (χ3v) is 2.26. The second-order valence-electron chi connectivity index (χ2n) is 3.83. The van der Waals surface area contributed by atoms with E-state index in [0.717, 1.165) is 11.1 Å². The average molecular weight is 211 g/mol. The van der Waals surface area contributed by atoms with Gasteiger partial charge in [0.15, 0.2) is 0 Å². The van der Waals surface area contributed by atoms with Crippen LogP contribution in [0, 0.1) is 6.92 Å². The maximum atomic E-state index is 8.67. The van der Waals surface area contributed by atoms with Crippen molar-refractivity contribution in [2.75, 3.05) is 6.54 Å². The van der Waals surface area contributed by atoms with E-state index in [2.05, 4.69) is 5.32 Å². The zero-order valence-electron chi connectivity index (χ0n) is 8.94. The Morgan fingerprint density at radius 3 is 2.53 bits per heavy atom. The quantitative estimate of drug-likeness (QED) is 0.540. The minimum atomic E-state index is -2.79. The summed E-state index contributed by atoms with van der Waals surface area (Å²) in [7, 11) is 0. The van der Waals surface area contributed by atoms with Gasteiger partial charge in [0.2, 0.25) is 0 Å². The number of benzene rings is 1. The highest BCUT2D eigenvalue weighted by Gasteiger charge is 2.18. The molecule has 0 aliphatic rings. The molecule has 0 bridgehead atoms. The maximum Gasteiger partial charge on any atom is 0.343 e. The van der Waals surface area contributed by atoms with E-state index in [9.17, 15) is 0 Å². The molecular weight excluding hydrogens is 194 g/mol. The summed E-state index contributed by atoms with van der Waals surface area (Å²) in [6.07, 6.45) is -2.79. The molecule has 4 nitrogen and oxygen atoms in total. The Morgan fingerprint density at radius 1 is 1.33 bits per heavy atom. The number of aryl methyl sites for hydroxylation is 1. The van der Waals surface area contributed by atoms with E-state index < -0.39 is 6.10 Å². The molecule has 0 saturated heterocycles. The van der Waals surface area contributed by atoms with E-state index in [0.29, 0.717) is 0 Å². The normalized spacial score (nSPS) is 13.9. The lowest BCUT2D eigenvalue weighted by Gasteiger charge is -2.19. The van der Waals surface area contributed by atoms with Crippen LogP contribution in [0.4, 0.5) is 0 Å². The minimum Gasteiger partial charge on any atom is -0.330 e. The summed E-state index contributed by atoms with van der Waals surface area (Å²) in [5.41, 5.74) is 2.24. The van der Waals surface area contributed by atoms with Gasteiger partial charge >= 0.3 is 6.10 Å². The van der Waals surface area contributed by atoms with Crippen LogP contribution in [0.15, 0.2) is 24.3 Å². The van der Waals surface area contributed by atoms with Crippen LogP contribution in [-0.4, -0.2) is 28.0 Å². The number of rotatable bonds is 4. The summed E-state index contributed by atoms with van der Waals surface area (Å²) in [5.74, 6) is 0.0933. The number of hydrogen-bond acceptors (Lipinski definition) is 4. The fraction of sp³-hybridized carbons (Fsp3) is 0.455. The average Bonchev–Trinajstić information content (AvgIpc) is 2.13. The summed E-state index contributed by atoms with van der Waals surface area (Å²) in [5, 5.41) is 28.2. The first-order valence-corrected chi connectivity index (χ1v) is 4.87. The summed E-state index contributed by atoms with van der Waals surface area (Å²) < 4.78 is 0. The minimum absolute atomic E-state index is 0.0933. The molecule has 1 rings (SSSR count). The van der Waals surface area contributed by atoms with Gasteiger partial charge in [-0.05, 0) is 18.4 Å². The van der Waals surface area contributed by atoms with Crippen LogP contribution in [0.2, 0.25) is 0 Å². The molecule has 4 heteroatoms. The molecule has 1 aromatic rings. The van der Waals surface area contributed by atoms with Gasteiger partial charge in [0.05, 0.1) is 0 Å². The second kappa shape index (κ2) is 4.72. The molecule has 4 N–H and O–H groups in total. The van der Waals surface area contributed by atoms with E-state index in [1.165, 1.54) is 0 Å². The lowest BCUT2D eigenvalue weighted by Crippen LogP contribution is -2.46. The zero-order chi connectivity index (χ0) is 11.5. The van der Waals surface area contributed by atoms with Crippen molar-refractivity contribution in [2.24, 2.45) is 0 Å². The van der Waals surface area contributed by atoms with E-state index >= 15 is 0 Å². The largest absolute Gasteiger partial charge is 0.343 e. The van der Waals surface area contributed by atoms with Gasteiger partial charge in [0.1, 0.15) is 0 Å². The molecule has 1 unspecified atom stereocenters. The highest BCUT2D eigenvalue weighted by atomic mass is 16.7. The molecule has 0 aromatic heterocycles. The van der Waals surface area contributed by atoms with Crippen molar-refractivity contribution >= 4 is 0 Å². The van der Waals surface area contributed by atoms with Crippen molar-refractivity contribution in [1.29, 1.82) is 0 Å². The first kappa shape index (κ1) is 12.1. The fourth-order valence-corrected chi connectivity index (χ4v) is 1.38. The Hall–Kier alpha value is -0.940. The van der Waals surface area contributed by atoms with Gasteiger partial charge in [-0.2, -0.15) is 0 Å². The third-order valence-electron chi connectivity index (χ3n) is 2.26. The second-order valence-corrected chi connectivity index (χ2v) is 3.83. The van der Waals surface area contributed by atoms with Crippen molar-refractivity contribution < 1.29 is 15.3 Å². The summed E-state index contributed by atoms with van der Waals surface area (Å²) in [6, 6.07) is 7.94. The molecule has 0 aliphatic heterocycles. The first-order chi connectivity index (χ1) is 6.88. The van der Waals surface area contributed by atoms with Gasteiger partial charge in [0.25, 0.3) is 0 Å². The number of aliphatic hydroxyl groups is 3. The molecule has 0 fully saturated rings. The van der Waals surface area contributed by atoms with E-state index in [4.69, 9.17) is 15.3 Å². The number of hydrogen-bond donors (Lipinski definition) is 4. The number of nitrogens with one attached hydrogen (secondary N) is 1. The highest BCUT2D eigenvalue weighted by molar-refractivity contribution is 5.25. The molecule has 0 heterocycles. The predicted molar refractivity (Wildman–Crippen MR) is 57.0 cm³/mol. The molecular formula is C11H17NO3. The molecule has 0 spiro atoms. The Balaban J connectivity index is 2.58. The highest BCUT2D eigenvalue weighted by Crippen LogP contribution is 2.15. The van der Waals surface area contributed by atoms with Crippen LogP contribution in [-0.2, 0) is 0 Å². The molecule has 0 aliphatic carbocycles. The van der Waals surface area contributed by atoms with Crippen LogP contribution in [0.1, 0.15) is 24.0 Å². The zero-order valence-corrected chi connectivity index (χ0v) is 8.94. The van der Waals surface area contributed by atoms with Crippen LogP contribution in [0.3, 0.4) is 0 Å². The summed E-state index contributed by atoms with van der Waals surface area (Å²) >= 11 is 0. The predicted octanol–water partition coefficient (Wildman–Crippen LogP) is 0.276. The lowest BCUT2D eigenvalue weighted by atomic mass is 9.99. The molecule has 1 aromatic carbocycles. The summed E-state index contributed by atoms with van der Waals surface area (Å²) in [4.78, 5) is 0. The van der Waals surface area contributed by atoms with E-state index in [-0.39, 0.29) is 12.5 Å². The van der Waals surface area contributed by atoms with Crippen molar-refractivity contribution in [3.8, 4) is 0 Å². The van der Waals surface area contributed by atoms with Crippen molar-refractivity contribution in [3.05, 3.63) is 35.4 Å². The van der Waals surface area contributed by atoms with Gasteiger partial charge < -0.3 is 15.3 Å². The van der Waals surface area contributed by atoms with Gasteiger partial charge in [0, 0.05) is 6.54 Å². The smallest absolute Gasteiger partial charge is 0.330 e. The van der Waals surface area contributed by atoms with Crippen molar-refractivity contribution in [2.45, 2.75) is 25.9 Å². The molecule has 0 radical (unpaired) electrons. The standard InChI is InChI=1S/C11H17NO3/c1-8-4-3-5-10(6-8)9(2)7-12-11(13,14)15/h3-6,9,12-15H,7H2,1-2H3. The van der Waals surface area contributed by atoms with Crippen LogP contribution >= 0.6 is 0 Å². The van der Waals surface area contributed by atoms with Crippen molar-refractivity contribution in [1.82, 2.24) is 5.32 Å². The van der Waals surface area contributed by atoms with Crippen LogP contribution < -0.4 is 5.32 Å². The van der Waals surface area contributed by atoms with Gasteiger partial charge in [-0.3, -0.25) is 0 Å². The third kappa shape index (κ3) is 4.40. The van der Waals surface area contributed by atoms with E-state index in [1.807, 2.05) is 38.1 Å². The van der Waals surface area contributed by atoms with Gasteiger partial charge in [-0.15, -0.1) is 0 Å². The Labute approximate surface area is 89.2 Å². The Kier molecular flexibility index (Phi) is 3.82. The van der Waals surface area contributed by atoms with Crippen LogP contribution in [0.25, 0.3) is 0 Å². The first-order valence-electron chi connectivity index (χ1n) is 4.87. The van der Waals surface area contributed by atoms with E-state index in [1.54, 1.807) is 0 Å². The Morgan fingerprint density at radius 2 is 2.00 bits per heavy atom. The molecule has 1 atom stereocenters.